The first-order valence-electron chi connectivity index (χ1n) is 6.24. The number of benzene rings is 1. The SMILES string of the molecule is Cc1ccc2c(c1)C(O)(Cc1ncnn1C)CC2. The summed E-state index contributed by atoms with van der Waals surface area (Å²) >= 11 is 0. The Balaban J connectivity index is 1.99. The molecule has 4 heteroatoms. The van der Waals surface area contributed by atoms with Crippen molar-refractivity contribution in [1.29, 1.82) is 0 Å². The summed E-state index contributed by atoms with van der Waals surface area (Å²) in [5.41, 5.74) is 2.71. The first-order valence-corrected chi connectivity index (χ1v) is 6.24. The molecule has 0 amide bonds. The van der Waals surface area contributed by atoms with Gasteiger partial charge in [-0.15, -0.1) is 0 Å². The van der Waals surface area contributed by atoms with Gasteiger partial charge in [-0.25, -0.2) is 4.98 Å². The molecule has 0 bridgehead atoms. The van der Waals surface area contributed by atoms with E-state index in [1.54, 1.807) is 4.68 Å². The van der Waals surface area contributed by atoms with Gasteiger partial charge in [0, 0.05) is 13.5 Å². The van der Waals surface area contributed by atoms with E-state index in [-0.39, 0.29) is 0 Å². The summed E-state index contributed by atoms with van der Waals surface area (Å²) in [6, 6.07) is 6.32. The van der Waals surface area contributed by atoms with Gasteiger partial charge in [-0.2, -0.15) is 5.10 Å². The van der Waals surface area contributed by atoms with Crippen molar-refractivity contribution in [2.24, 2.45) is 7.05 Å². The van der Waals surface area contributed by atoms with Crippen LogP contribution in [-0.4, -0.2) is 19.9 Å². The lowest BCUT2D eigenvalue weighted by Gasteiger charge is -2.23. The molecule has 1 N–H and O–H groups in total. The molecule has 18 heavy (non-hydrogen) atoms. The van der Waals surface area contributed by atoms with Crippen molar-refractivity contribution in [3.63, 3.8) is 0 Å². The smallest absolute Gasteiger partial charge is 0.138 e. The first kappa shape index (κ1) is 11.4. The summed E-state index contributed by atoms with van der Waals surface area (Å²) in [5.74, 6) is 0.826. The third-order valence-corrected chi connectivity index (χ3v) is 3.83. The molecule has 1 heterocycles. The molecule has 1 unspecified atom stereocenters. The molecule has 1 aromatic carbocycles. The van der Waals surface area contributed by atoms with Crippen LogP contribution >= 0.6 is 0 Å². The fourth-order valence-corrected chi connectivity index (χ4v) is 2.74. The van der Waals surface area contributed by atoms with Gasteiger partial charge in [-0.1, -0.05) is 23.8 Å². The summed E-state index contributed by atoms with van der Waals surface area (Å²) in [7, 11) is 1.86. The molecule has 1 aliphatic rings. The van der Waals surface area contributed by atoms with Gasteiger partial charge in [-0.3, -0.25) is 4.68 Å². The molecule has 0 saturated carbocycles. The minimum Gasteiger partial charge on any atom is -0.385 e. The molecular formula is C14H17N3O. The zero-order valence-electron chi connectivity index (χ0n) is 10.7. The molecule has 1 atom stereocenters. The summed E-state index contributed by atoms with van der Waals surface area (Å²) < 4.78 is 1.73. The molecule has 1 aromatic heterocycles. The zero-order valence-corrected chi connectivity index (χ0v) is 10.7. The van der Waals surface area contributed by atoms with E-state index in [0.29, 0.717) is 6.42 Å². The number of hydrogen-bond donors (Lipinski definition) is 1. The van der Waals surface area contributed by atoms with Crippen LogP contribution in [0.3, 0.4) is 0 Å². The van der Waals surface area contributed by atoms with Gasteiger partial charge in [0.2, 0.25) is 0 Å². The van der Waals surface area contributed by atoms with Crippen molar-refractivity contribution in [3.05, 3.63) is 47.0 Å². The second-order valence-electron chi connectivity index (χ2n) is 5.17. The molecule has 4 nitrogen and oxygen atoms in total. The molecule has 0 saturated heterocycles. The summed E-state index contributed by atoms with van der Waals surface area (Å²) in [6.45, 7) is 2.06. The average molecular weight is 243 g/mol. The van der Waals surface area contributed by atoms with Crippen molar-refractivity contribution in [3.8, 4) is 0 Å². The second kappa shape index (κ2) is 3.92. The van der Waals surface area contributed by atoms with Gasteiger partial charge in [0.15, 0.2) is 0 Å². The quantitative estimate of drug-likeness (QED) is 0.869. The molecule has 3 rings (SSSR count). The molecule has 94 valence electrons. The minimum absolute atomic E-state index is 0.528. The average Bonchev–Trinajstić information content (AvgIpc) is 2.86. The highest BCUT2D eigenvalue weighted by Crippen LogP contribution is 2.39. The Morgan fingerprint density at radius 3 is 3.00 bits per heavy atom. The van der Waals surface area contributed by atoms with Gasteiger partial charge in [0.1, 0.15) is 12.2 Å². The van der Waals surface area contributed by atoms with Crippen LogP contribution in [0.4, 0.5) is 0 Å². The highest BCUT2D eigenvalue weighted by molar-refractivity contribution is 5.40. The number of hydrogen-bond acceptors (Lipinski definition) is 3. The highest BCUT2D eigenvalue weighted by Gasteiger charge is 2.37. The van der Waals surface area contributed by atoms with Gasteiger partial charge in [-0.05, 0) is 30.9 Å². The molecule has 1 aliphatic carbocycles. The van der Waals surface area contributed by atoms with Gasteiger partial charge < -0.3 is 5.11 Å². The van der Waals surface area contributed by atoms with E-state index in [4.69, 9.17) is 0 Å². The maximum atomic E-state index is 10.9. The molecule has 2 aromatic rings. The van der Waals surface area contributed by atoms with E-state index in [1.165, 1.54) is 17.5 Å². The van der Waals surface area contributed by atoms with Gasteiger partial charge >= 0.3 is 0 Å². The lowest BCUT2D eigenvalue weighted by atomic mass is 9.91. The number of aromatic nitrogens is 3. The molecule has 0 radical (unpaired) electrons. The minimum atomic E-state index is -0.790. The predicted octanol–water partition coefficient (Wildman–Crippen LogP) is 1.50. The van der Waals surface area contributed by atoms with E-state index < -0.39 is 5.60 Å². The fourth-order valence-electron chi connectivity index (χ4n) is 2.74. The fraction of sp³-hybridized carbons (Fsp3) is 0.429. The lowest BCUT2D eigenvalue weighted by Crippen LogP contribution is -2.27. The number of aryl methyl sites for hydroxylation is 3. The van der Waals surface area contributed by atoms with E-state index in [1.807, 2.05) is 7.05 Å². The standard InChI is InChI=1S/C14H17N3O/c1-10-3-4-11-5-6-14(18,12(11)7-10)8-13-15-9-16-17(13)2/h3-4,7,9,18H,5-6,8H2,1-2H3. The van der Waals surface area contributed by atoms with E-state index in [2.05, 4.69) is 35.2 Å². The van der Waals surface area contributed by atoms with E-state index in [0.717, 1.165) is 24.2 Å². The van der Waals surface area contributed by atoms with Crippen molar-refractivity contribution in [1.82, 2.24) is 14.8 Å². The summed E-state index contributed by atoms with van der Waals surface area (Å²) in [4.78, 5) is 4.21. The van der Waals surface area contributed by atoms with Crippen molar-refractivity contribution in [2.75, 3.05) is 0 Å². The summed E-state index contributed by atoms with van der Waals surface area (Å²) in [5, 5.41) is 14.9. The predicted molar refractivity (Wildman–Crippen MR) is 68.1 cm³/mol. The third kappa shape index (κ3) is 1.73. The van der Waals surface area contributed by atoms with Crippen LogP contribution in [0.2, 0.25) is 0 Å². The summed E-state index contributed by atoms with van der Waals surface area (Å²) in [6.07, 6.45) is 3.76. The van der Waals surface area contributed by atoms with Crippen LogP contribution in [0.5, 0.6) is 0 Å². The Kier molecular flexibility index (Phi) is 2.48. The molecule has 0 aliphatic heterocycles. The topological polar surface area (TPSA) is 50.9 Å². The number of aliphatic hydroxyl groups is 1. The van der Waals surface area contributed by atoms with Crippen LogP contribution in [0.1, 0.15) is 28.9 Å². The molecule has 0 spiro atoms. The zero-order chi connectivity index (χ0) is 12.8. The number of nitrogens with zero attached hydrogens (tertiary/aromatic N) is 3. The largest absolute Gasteiger partial charge is 0.385 e. The highest BCUT2D eigenvalue weighted by atomic mass is 16.3. The van der Waals surface area contributed by atoms with Crippen molar-refractivity contribution >= 4 is 0 Å². The van der Waals surface area contributed by atoms with Crippen LogP contribution in [0, 0.1) is 6.92 Å². The Bertz CT molecular complexity index is 590. The van der Waals surface area contributed by atoms with Crippen LogP contribution < -0.4 is 0 Å². The van der Waals surface area contributed by atoms with Crippen LogP contribution in [-0.2, 0) is 25.5 Å². The van der Waals surface area contributed by atoms with Gasteiger partial charge in [0.05, 0.1) is 5.60 Å². The van der Waals surface area contributed by atoms with Gasteiger partial charge in [0.25, 0.3) is 0 Å². The molecular weight excluding hydrogens is 226 g/mol. The molecule has 0 fully saturated rings. The number of rotatable bonds is 2. The Morgan fingerprint density at radius 1 is 1.44 bits per heavy atom. The second-order valence-corrected chi connectivity index (χ2v) is 5.17. The lowest BCUT2D eigenvalue weighted by molar-refractivity contribution is 0.0360. The third-order valence-electron chi connectivity index (χ3n) is 3.83. The van der Waals surface area contributed by atoms with Crippen molar-refractivity contribution < 1.29 is 5.11 Å². The number of fused-ring (bicyclic) bond motifs is 1. The Morgan fingerprint density at radius 2 is 2.28 bits per heavy atom. The first-order chi connectivity index (χ1) is 8.58. The van der Waals surface area contributed by atoms with Crippen LogP contribution in [0.25, 0.3) is 0 Å². The monoisotopic (exact) mass is 243 g/mol. The Labute approximate surface area is 106 Å². The maximum Gasteiger partial charge on any atom is 0.138 e. The normalized spacial score (nSPS) is 22.2. The van der Waals surface area contributed by atoms with Crippen LogP contribution in [0.15, 0.2) is 24.5 Å². The van der Waals surface area contributed by atoms with E-state index in [9.17, 15) is 5.11 Å². The van der Waals surface area contributed by atoms with Crippen molar-refractivity contribution in [2.45, 2.75) is 31.8 Å². The van der Waals surface area contributed by atoms with E-state index >= 15 is 0 Å². The Hall–Kier alpha value is -1.68. The maximum absolute atomic E-state index is 10.9.